The van der Waals surface area contributed by atoms with Gasteiger partial charge in [0, 0.05) is 48.2 Å². The first-order chi connectivity index (χ1) is 13.9. The number of amides is 1. The molecule has 0 aliphatic heterocycles. The number of hydrogen-bond donors (Lipinski definition) is 3. The molecule has 0 aliphatic carbocycles. The zero-order valence-electron chi connectivity index (χ0n) is 16.2. The fraction of sp³-hybridized carbons (Fsp3) is 0.300. The molecule has 2 aromatic heterocycles. The first-order valence-corrected chi connectivity index (χ1v) is 9.11. The van der Waals surface area contributed by atoms with Crippen molar-refractivity contribution >= 4 is 22.8 Å². The zero-order chi connectivity index (χ0) is 21.0. The third-order valence-corrected chi connectivity index (χ3v) is 4.69. The van der Waals surface area contributed by atoms with Gasteiger partial charge in [-0.3, -0.25) is 19.1 Å². The van der Waals surface area contributed by atoms with Gasteiger partial charge in [0.15, 0.2) is 0 Å². The Labute approximate surface area is 165 Å². The zero-order valence-corrected chi connectivity index (χ0v) is 16.2. The second-order valence-electron chi connectivity index (χ2n) is 6.72. The Morgan fingerprint density at radius 2 is 2.00 bits per heavy atom. The van der Waals surface area contributed by atoms with Crippen molar-refractivity contribution in [3.63, 3.8) is 0 Å². The number of methoxy groups -OCH3 is 1. The molecule has 0 saturated heterocycles. The van der Waals surface area contributed by atoms with Gasteiger partial charge in [0.2, 0.25) is 5.91 Å². The maximum Gasteiger partial charge on any atom is 0.328 e. The Hall–Kier alpha value is -3.62. The van der Waals surface area contributed by atoms with Crippen LogP contribution in [0, 0.1) is 6.92 Å². The standard InChI is InChI=1S/C20H22N4O5/c1-12-11-24(20(28)23-18(12)26)8-7-17(25)22-16(19(27)29-2)9-13-10-21-15-6-4-3-5-14(13)15/h3-6,10-11,16,21H,7-9H2,1-2H3,(H,22,25)(H,23,26,28). The van der Waals surface area contributed by atoms with E-state index in [1.165, 1.54) is 17.9 Å². The van der Waals surface area contributed by atoms with Crippen LogP contribution in [0.4, 0.5) is 0 Å². The maximum atomic E-state index is 12.4. The van der Waals surface area contributed by atoms with Crippen molar-refractivity contribution in [3.8, 4) is 0 Å². The molecule has 0 spiro atoms. The van der Waals surface area contributed by atoms with Crippen LogP contribution < -0.4 is 16.6 Å². The molecule has 152 valence electrons. The van der Waals surface area contributed by atoms with Crippen LogP contribution in [0.1, 0.15) is 17.5 Å². The summed E-state index contributed by atoms with van der Waals surface area (Å²) in [6.07, 6.45) is 3.43. The summed E-state index contributed by atoms with van der Waals surface area (Å²) >= 11 is 0. The Kier molecular flexibility index (Phi) is 5.96. The molecular formula is C20H22N4O5. The fourth-order valence-electron chi connectivity index (χ4n) is 3.13. The van der Waals surface area contributed by atoms with Crippen molar-refractivity contribution in [1.29, 1.82) is 0 Å². The first-order valence-electron chi connectivity index (χ1n) is 9.11. The molecule has 0 saturated carbocycles. The number of fused-ring (bicyclic) bond motifs is 1. The summed E-state index contributed by atoms with van der Waals surface area (Å²) in [5.41, 5.74) is 1.14. The smallest absolute Gasteiger partial charge is 0.328 e. The molecule has 3 N–H and O–H groups in total. The lowest BCUT2D eigenvalue weighted by atomic mass is 10.0. The van der Waals surface area contributed by atoms with Crippen molar-refractivity contribution in [1.82, 2.24) is 19.9 Å². The fourth-order valence-corrected chi connectivity index (χ4v) is 3.13. The number of carbonyl (C=O) groups is 2. The molecule has 2 heterocycles. The molecule has 1 atom stereocenters. The van der Waals surface area contributed by atoms with Crippen molar-refractivity contribution in [2.45, 2.75) is 32.4 Å². The summed E-state index contributed by atoms with van der Waals surface area (Å²) in [4.78, 5) is 53.1. The Morgan fingerprint density at radius 1 is 1.24 bits per heavy atom. The lowest BCUT2D eigenvalue weighted by Gasteiger charge is -2.16. The molecule has 3 aromatic rings. The first kappa shape index (κ1) is 20.1. The van der Waals surface area contributed by atoms with Gasteiger partial charge in [-0.15, -0.1) is 0 Å². The minimum absolute atomic E-state index is 0.0350. The number of aryl methyl sites for hydroxylation is 2. The Morgan fingerprint density at radius 3 is 2.76 bits per heavy atom. The van der Waals surface area contributed by atoms with Crippen molar-refractivity contribution in [2.75, 3.05) is 7.11 Å². The number of carbonyl (C=O) groups excluding carboxylic acids is 2. The number of H-pyrrole nitrogens is 2. The van der Waals surface area contributed by atoms with Gasteiger partial charge in [-0.05, 0) is 18.6 Å². The molecule has 0 bridgehead atoms. The van der Waals surface area contributed by atoms with Gasteiger partial charge < -0.3 is 15.0 Å². The number of nitrogens with one attached hydrogen (secondary N) is 3. The number of aromatic amines is 2. The highest BCUT2D eigenvalue weighted by Crippen LogP contribution is 2.19. The molecule has 0 fully saturated rings. The maximum absolute atomic E-state index is 12.4. The molecule has 1 amide bonds. The number of para-hydroxylation sites is 1. The van der Waals surface area contributed by atoms with Gasteiger partial charge >= 0.3 is 11.7 Å². The minimum atomic E-state index is -0.860. The van der Waals surface area contributed by atoms with Crippen molar-refractivity contribution < 1.29 is 14.3 Å². The van der Waals surface area contributed by atoms with E-state index in [-0.39, 0.29) is 19.4 Å². The quantitative estimate of drug-likeness (QED) is 0.503. The highest BCUT2D eigenvalue weighted by molar-refractivity contribution is 5.87. The van der Waals surface area contributed by atoms with Gasteiger partial charge in [0.05, 0.1) is 7.11 Å². The van der Waals surface area contributed by atoms with Crippen LogP contribution in [0.15, 0.2) is 46.2 Å². The van der Waals surface area contributed by atoms with Crippen LogP contribution in [0.2, 0.25) is 0 Å². The number of benzene rings is 1. The average molecular weight is 398 g/mol. The summed E-state index contributed by atoms with van der Waals surface area (Å²) in [5.74, 6) is -0.961. The van der Waals surface area contributed by atoms with Crippen LogP contribution in [0.3, 0.4) is 0 Å². The molecule has 0 aliphatic rings. The lowest BCUT2D eigenvalue weighted by Crippen LogP contribution is -2.43. The monoisotopic (exact) mass is 398 g/mol. The van der Waals surface area contributed by atoms with Gasteiger partial charge in [-0.25, -0.2) is 9.59 Å². The number of aromatic nitrogens is 3. The Balaban J connectivity index is 1.69. The molecule has 9 nitrogen and oxygen atoms in total. The second-order valence-corrected chi connectivity index (χ2v) is 6.72. The van der Waals surface area contributed by atoms with E-state index in [4.69, 9.17) is 4.74 Å². The number of esters is 1. The third kappa shape index (κ3) is 4.63. The second kappa shape index (κ2) is 8.59. The molecule has 29 heavy (non-hydrogen) atoms. The largest absolute Gasteiger partial charge is 0.467 e. The van der Waals surface area contributed by atoms with E-state index in [1.54, 1.807) is 13.1 Å². The van der Waals surface area contributed by atoms with Gasteiger partial charge in [0.25, 0.3) is 5.56 Å². The highest BCUT2D eigenvalue weighted by atomic mass is 16.5. The normalized spacial score (nSPS) is 11.9. The minimum Gasteiger partial charge on any atom is -0.467 e. The summed E-state index contributed by atoms with van der Waals surface area (Å²) in [5, 5.41) is 3.64. The van der Waals surface area contributed by atoms with E-state index in [9.17, 15) is 19.2 Å². The molecule has 0 radical (unpaired) electrons. The van der Waals surface area contributed by atoms with Crippen LogP contribution in [0.5, 0.6) is 0 Å². The topological polar surface area (TPSA) is 126 Å². The van der Waals surface area contributed by atoms with Gasteiger partial charge in [0.1, 0.15) is 6.04 Å². The van der Waals surface area contributed by atoms with E-state index in [1.807, 2.05) is 24.3 Å². The number of rotatable bonds is 7. The molecule has 9 heteroatoms. The van der Waals surface area contributed by atoms with Crippen LogP contribution in [-0.4, -0.2) is 39.6 Å². The van der Waals surface area contributed by atoms with Gasteiger partial charge in [-0.1, -0.05) is 18.2 Å². The molecular weight excluding hydrogens is 376 g/mol. The molecule has 3 rings (SSSR count). The third-order valence-electron chi connectivity index (χ3n) is 4.69. The predicted octanol–water partition coefficient (Wildman–Crippen LogP) is 0.617. The van der Waals surface area contributed by atoms with Crippen molar-refractivity contribution in [3.05, 3.63) is 68.6 Å². The average Bonchev–Trinajstić information content (AvgIpc) is 3.11. The van der Waals surface area contributed by atoms with E-state index >= 15 is 0 Å². The van der Waals surface area contributed by atoms with E-state index < -0.39 is 29.2 Å². The number of hydrogen-bond acceptors (Lipinski definition) is 5. The Bertz CT molecular complexity index is 1160. The van der Waals surface area contributed by atoms with Crippen LogP contribution in [0.25, 0.3) is 10.9 Å². The SMILES string of the molecule is COC(=O)C(Cc1c[nH]c2ccccc12)NC(=O)CCn1cc(C)c(=O)[nH]c1=O. The van der Waals surface area contributed by atoms with Gasteiger partial charge in [-0.2, -0.15) is 0 Å². The lowest BCUT2D eigenvalue weighted by molar-refractivity contribution is -0.145. The van der Waals surface area contributed by atoms with E-state index in [2.05, 4.69) is 15.3 Å². The molecule has 1 unspecified atom stereocenters. The highest BCUT2D eigenvalue weighted by Gasteiger charge is 2.23. The summed E-state index contributed by atoms with van der Waals surface area (Å²) < 4.78 is 6.08. The number of nitrogens with zero attached hydrogens (tertiary/aromatic N) is 1. The van der Waals surface area contributed by atoms with Crippen molar-refractivity contribution in [2.24, 2.45) is 0 Å². The summed E-state index contributed by atoms with van der Waals surface area (Å²) in [7, 11) is 1.26. The van der Waals surface area contributed by atoms with Crippen LogP contribution >= 0.6 is 0 Å². The van der Waals surface area contributed by atoms with E-state index in [0.29, 0.717) is 5.56 Å². The predicted molar refractivity (Wildman–Crippen MR) is 107 cm³/mol. The number of ether oxygens (including phenoxy) is 1. The summed E-state index contributed by atoms with van der Waals surface area (Å²) in [6, 6.07) is 6.80. The summed E-state index contributed by atoms with van der Waals surface area (Å²) in [6.45, 7) is 1.65. The molecule has 1 aromatic carbocycles. The van der Waals surface area contributed by atoms with E-state index in [0.717, 1.165) is 16.5 Å². The van der Waals surface area contributed by atoms with Crippen LogP contribution in [-0.2, 0) is 27.3 Å².